The molecule has 0 saturated carbocycles. The van der Waals surface area contributed by atoms with E-state index in [1.165, 1.54) is 12.1 Å². The molecule has 1 aromatic rings. The van der Waals surface area contributed by atoms with Crippen LogP contribution in [0.5, 0.6) is 5.75 Å². The molecule has 0 unspecified atom stereocenters. The maximum atomic E-state index is 12.1. The maximum absolute atomic E-state index is 12.1. The summed E-state index contributed by atoms with van der Waals surface area (Å²) in [7, 11) is -3.62. The van der Waals surface area contributed by atoms with Crippen LogP contribution in [0.15, 0.2) is 34.3 Å². The Morgan fingerprint density at radius 1 is 1.29 bits per heavy atom. The monoisotopic (exact) mass is 312 g/mol. The predicted molar refractivity (Wildman–Crippen MR) is 85.1 cm³/mol. The van der Waals surface area contributed by atoms with Crippen molar-refractivity contribution in [3.05, 3.63) is 24.3 Å². The Kier molecular flexibility index (Phi) is 6.68. The largest absolute Gasteiger partial charge is 0.494 e. The van der Waals surface area contributed by atoms with Crippen molar-refractivity contribution in [3.63, 3.8) is 0 Å². The fourth-order valence-electron chi connectivity index (χ4n) is 1.63. The van der Waals surface area contributed by atoms with Crippen LogP contribution in [0.3, 0.4) is 0 Å². The van der Waals surface area contributed by atoms with Gasteiger partial charge in [0.05, 0.1) is 11.5 Å². The quantitative estimate of drug-likeness (QED) is 0.592. The van der Waals surface area contributed by atoms with Gasteiger partial charge in [-0.25, -0.2) is 4.83 Å². The van der Waals surface area contributed by atoms with Gasteiger partial charge < -0.3 is 4.74 Å². The highest BCUT2D eigenvalue weighted by Crippen LogP contribution is 2.15. The highest BCUT2D eigenvalue weighted by Gasteiger charge is 2.13. The summed E-state index contributed by atoms with van der Waals surface area (Å²) in [5, 5.41) is 3.95. The standard InChI is InChI=1S/C15H24N2O3S/c1-5-20-14-8-10-15(11-9-14)21(18,19)17-16-13(4)7-6-12(2)3/h8-12,17H,5-7H2,1-4H3/b16-13-. The molecule has 0 saturated heterocycles. The van der Waals surface area contributed by atoms with Crippen LogP contribution >= 0.6 is 0 Å². The number of benzene rings is 1. The Hall–Kier alpha value is -1.56. The van der Waals surface area contributed by atoms with Gasteiger partial charge in [0, 0.05) is 5.71 Å². The summed E-state index contributed by atoms with van der Waals surface area (Å²) < 4.78 is 29.5. The Morgan fingerprint density at radius 3 is 2.43 bits per heavy atom. The molecule has 0 radical (unpaired) electrons. The van der Waals surface area contributed by atoms with E-state index < -0.39 is 10.0 Å². The van der Waals surface area contributed by atoms with Crippen LogP contribution in [0.4, 0.5) is 0 Å². The second-order valence-electron chi connectivity index (χ2n) is 5.28. The zero-order valence-corrected chi connectivity index (χ0v) is 13.9. The summed E-state index contributed by atoms with van der Waals surface area (Å²) in [5.41, 5.74) is 0.776. The molecule has 5 nitrogen and oxygen atoms in total. The number of nitrogens with zero attached hydrogens (tertiary/aromatic N) is 1. The highest BCUT2D eigenvalue weighted by molar-refractivity contribution is 7.89. The predicted octanol–water partition coefficient (Wildman–Crippen LogP) is 3.18. The summed E-state index contributed by atoms with van der Waals surface area (Å²) in [5.74, 6) is 1.21. The summed E-state index contributed by atoms with van der Waals surface area (Å²) in [6.07, 6.45) is 1.77. The molecule has 118 valence electrons. The van der Waals surface area contributed by atoms with Crippen LogP contribution in [-0.4, -0.2) is 20.7 Å². The molecule has 0 fully saturated rings. The van der Waals surface area contributed by atoms with Gasteiger partial charge in [-0.1, -0.05) is 13.8 Å². The lowest BCUT2D eigenvalue weighted by atomic mass is 10.1. The number of rotatable bonds is 8. The second-order valence-corrected chi connectivity index (χ2v) is 6.94. The molecule has 1 rings (SSSR count). The van der Waals surface area contributed by atoms with Gasteiger partial charge in [0.1, 0.15) is 5.75 Å². The maximum Gasteiger partial charge on any atom is 0.276 e. The zero-order chi connectivity index (χ0) is 15.9. The molecule has 0 spiro atoms. The van der Waals surface area contributed by atoms with E-state index in [9.17, 15) is 8.42 Å². The van der Waals surface area contributed by atoms with Crippen molar-refractivity contribution in [1.29, 1.82) is 0 Å². The lowest BCUT2D eigenvalue weighted by molar-refractivity contribution is 0.340. The van der Waals surface area contributed by atoms with Gasteiger partial charge in [0.25, 0.3) is 10.0 Å². The Balaban J connectivity index is 2.70. The first-order valence-electron chi connectivity index (χ1n) is 7.13. The van der Waals surface area contributed by atoms with Crippen molar-refractivity contribution in [2.24, 2.45) is 11.0 Å². The minimum atomic E-state index is -3.62. The molecule has 0 aliphatic heterocycles. The van der Waals surface area contributed by atoms with Crippen molar-refractivity contribution < 1.29 is 13.2 Å². The van der Waals surface area contributed by atoms with Gasteiger partial charge in [0.2, 0.25) is 0 Å². The van der Waals surface area contributed by atoms with Gasteiger partial charge in [-0.05, 0) is 56.9 Å². The SMILES string of the molecule is CCOc1ccc(S(=O)(=O)N/N=C(/C)CCC(C)C)cc1. The van der Waals surface area contributed by atoms with Gasteiger partial charge in [-0.15, -0.1) is 0 Å². The topological polar surface area (TPSA) is 67.8 Å². The van der Waals surface area contributed by atoms with E-state index in [4.69, 9.17) is 4.74 Å². The summed E-state index contributed by atoms with van der Waals surface area (Å²) in [6, 6.07) is 6.28. The first kappa shape index (κ1) is 17.5. The third kappa shape index (κ3) is 6.16. The summed E-state index contributed by atoms with van der Waals surface area (Å²) in [4.78, 5) is 2.44. The van der Waals surface area contributed by atoms with Crippen LogP contribution in [0.25, 0.3) is 0 Å². The van der Waals surface area contributed by atoms with Gasteiger partial charge in [0.15, 0.2) is 0 Å². The molecule has 6 heteroatoms. The lowest BCUT2D eigenvalue weighted by Crippen LogP contribution is -2.19. The van der Waals surface area contributed by atoms with Crippen molar-refractivity contribution in [3.8, 4) is 5.75 Å². The first-order valence-corrected chi connectivity index (χ1v) is 8.61. The third-order valence-corrected chi connectivity index (χ3v) is 4.11. The molecule has 0 atom stereocenters. The normalized spacial score (nSPS) is 12.5. The Labute approximate surface area is 127 Å². The van der Waals surface area contributed by atoms with Crippen LogP contribution < -0.4 is 9.57 Å². The smallest absolute Gasteiger partial charge is 0.276 e. The Bertz CT molecular complexity index is 563. The molecule has 0 aliphatic rings. The van der Waals surface area contributed by atoms with E-state index in [1.54, 1.807) is 12.1 Å². The van der Waals surface area contributed by atoms with Gasteiger partial charge in [-0.3, -0.25) is 0 Å². The number of hydrogen-bond acceptors (Lipinski definition) is 4. The van der Waals surface area contributed by atoms with E-state index in [1.807, 2.05) is 13.8 Å². The van der Waals surface area contributed by atoms with Crippen LogP contribution in [0.2, 0.25) is 0 Å². The third-order valence-electron chi connectivity index (χ3n) is 2.89. The van der Waals surface area contributed by atoms with Crippen LogP contribution in [0.1, 0.15) is 40.5 Å². The number of hydrogen-bond donors (Lipinski definition) is 1. The fraction of sp³-hybridized carbons (Fsp3) is 0.533. The molecule has 0 heterocycles. The first-order chi connectivity index (χ1) is 9.85. The van der Waals surface area contributed by atoms with Crippen molar-refractivity contribution >= 4 is 15.7 Å². The number of hydrazone groups is 1. The molecule has 1 N–H and O–H groups in total. The average molecular weight is 312 g/mol. The molecule has 1 aromatic carbocycles. The number of sulfonamides is 1. The van der Waals surface area contributed by atoms with E-state index in [0.717, 1.165) is 18.6 Å². The van der Waals surface area contributed by atoms with Gasteiger partial charge >= 0.3 is 0 Å². The van der Waals surface area contributed by atoms with Crippen molar-refractivity contribution in [2.45, 2.75) is 45.4 Å². The van der Waals surface area contributed by atoms with E-state index >= 15 is 0 Å². The summed E-state index contributed by atoms with van der Waals surface area (Å²) in [6.45, 7) is 8.49. The van der Waals surface area contributed by atoms with E-state index in [2.05, 4.69) is 23.8 Å². The molecular formula is C15H24N2O3S. The summed E-state index contributed by atoms with van der Waals surface area (Å²) >= 11 is 0. The molecule has 0 aliphatic carbocycles. The molecule has 21 heavy (non-hydrogen) atoms. The van der Waals surface area contributed by atoms with Crippen molar-refractivity contribution in [2.75, 3.05) is 6.61 Å². The second kappa shape index (κ2) is 8.02. The average Bonchev–Trinajstić information content (AvgIpc) is 2.44. The van der Waals surface area contributed by atoms with Crippen LogP contribution in [0, 0.1) is 5.92 Å². The van der Waals surface area contributed by atoms with E-state index in [0.29, 0.717) is 18.3 Å². The number of nitrogens with one attached hydrogen (secondary N) is 1. The molecule has 0 bridgehead atoms. The fourth-order valence-corrected chi connectivity index (χ4v) is 2.50. The minimum absolute atomic E-state index is 0.173. The molecule has 0 amide bonds. The lowest BCUT2D eigenvalue weighted by Gasteiger charge is -2.07. The Morgan fingerprint density at radius 2 is 1.90 bits per heavy atom. The molecular weight excluding hydrogens is 288 g/mol. The van der Waals surface area contributed by atoms with Crippen LogP contribution in [-0.2, 0) is 10.0 Å². The zero-order valence-electron chi connectivity index (χ0n) is 13.1. The van der Waals surface area contributed by atoms with Gasteiger partial charge in [-0.2, -0.15) is 13.5 Å². The van der Waals surface area contributed by atoms with Crippen molar-refractivity contribution in [1.82, 2.24) is 4.83 Å². The number of ether oxygens (including phenoxy) is 1. The minimum Gasteiger partial charge on any atom is -0.494 e. The molecule has 0 aromatic heterocycles. The van der Waals surface area contributed by atoms with E-state index in [-0.39, 0.29) is 4.90 Å². The highest BCUT2D eigenvalue weighted by atomic mass is 32.2.